The van der Waals surface area contributed by atoms with Crippen LogP contribution in [-0.2, 0) is 0 Å². The van der Waals surface area contributed by atoms with Crippen LogP contribution in [-0.4, -0.2) is 24.9 Å². The van der Waals surface area contributed by atoms with E-state index in [4.69, 9.17) is 31.5 Å². The Labute approximate surface area is 366 Å². The summed E-state index contributed by atoms with van der Waals surface area (Å²) < 4.78 is 2.46. The molecular weight excluding hydrogens is 789 g/mol. The second kappa shape index (κ2) is 14.9. The average molecular weight is 821 g/mol. The Balaban J connectivity index is 0.993. The van der Waals surface area contributed by atoms with Crippen LogP contribution in [0.1, 0.15) is 0 Å². The SMILES string of the molecule is [C-]#[N+]c1ccc(-c2ccc(-c3cc4c5cccnc5c(-c5cccc(-c6nc(-c7ccccc7)nc(-c7ccc8c(c7)sc7ccccc78)n6)c5)cc4c4cccnc34)cc2)cc1. The maximum absolute atomic E-state index is 7.31. The molecule has 0 radical (unpaired) electrons. The summed E-state index contributed by atoms with van der Waals surface area (Å²) >= 11 is 1.79. The molecule has 0 atom stereocenters. The summed E-state index contributed by atoms with van der Waals surface area (Å²) in [6.07, 6.45) is 3.73. The average Bonchev–Trinajstić information content (AvgIpc) is 3.74. The lowest BCUT2D eigenvalue weighted by Gasteiger charge is -2.15. The van der Waals surface area contributed by atoms with Crippen LogP contribution in [0.2, 0.25) is 0 Å². The second-order valence-corrected chi connectivity index (χ2v) is 16.6. The molecule has 0 aliphatic rings. The molecule has 0 amide bonds. The molecule has 0 unspecified atom stereocenters. The van der Waals surface area contributed by atoms with Crippen LogP contribution in [0.4, 0.5) is 5.69 Å². The zero-order valence-electron chi connectivity index (χ0n) is 33.6. The molecule has 0 N–H and O–H groups in total. The monoisotopic (exact) mass is 820 g/mol. The van der Waals surface area contributed by atoms with Gasteiger partial charge in [0.1, 0.15) is 0 Å². The van der Waals surface area contributed by atoms with Gasteiger partial charge >= 0.3 is 0 Å². The molecule has 0 saturated carbocycles. The lowest BCUT2D eigenvalue weighted by atomic mass is 9.90. The standard InChI is InChI=1S/C56H32N6S/c1-57-41-25-22-35(23-26-41)34-18-20-36(21-19-34)46-32-48-45-16-9-29-59-53(45)47(33-49(48)44-15-8-28-58-52(44)46)38-12-7-13-39(30-38)55-60-54(37-10-3-2-4-11-37)61-56(62-55)40-24-27-43-42-14-5-6-17-50(42)63-51(43)31-40/h2-33H. The van der Waals surface area contributed by atoms with Gasteiger partial charge in [-0.3, -0.25) is 9.97 Å². The maximum Gasteiger partial charge on any atom is 0.187 e. The van der Waals surface area contributed by atoms with E-state index in [1.165, 1.54) is 20.2 Å². The molecule has 0 fully saturated rings. The van der Waals surface area contributed by atoms with Crippen molar-refractivity contribution in [2.45, 2.75) is 0 Å². The largest absolute Gasteiger partial charge is 0.256 e. The molecule has 12 rings (SSSR count). The van der Waals surface area contributed by atoms with Crippen molar-refractivity contribution in [3.05, 3.63) is 206 Å². The fraction of sp³-hybridized carbons (Fsp3) is 0. The Bertz CT molecular complexity index is 3800. The van der Waals surface area contributed by atoms with E-state index in [0.29, 0.717) is 23.2 Å². The number of benzene rings is 8. The van der Waals surface area contributed by atoms with Crippen LogP contribution < -0.4 is 0 Å². The Morgan fingerprint density at radius 3 is 1.54 bits per heavy atom. The van der Waals surface area contributed by atoms with Crippen molar-refractivity contribution in [2.75, 3.05) is 0 Å². The molecule has 0 aliphatic heterocycles. The molecule has 0 spiro atoms. The fourth-order valence-corrected chi connectivity index (χ4v) is 9.90. The first-order chi connectivity index (χ1) is 31.1. The van der Waals surface area contributed by atoms with E-state index >= 15 is 0 Å². The summed E-state index contributed by atoms with van der Waals surface area (Å²) in [4.78, 5) is 28.9. The number of nitrogens with zero attached hydrogens (tertiary/aromatic N) is 6. The molecule has 292 valence electrons. The number of pyridine rings is 2. The first kappa shape index (κ1) is 36.4. The minimum Gasteiger partial charge on any atom is -0.256 e. The summed E-state index contributed by atoms with van der Waals surface area (Å²) in [6, 6.07) is 62.8. The minimum absolute atomic E-state index is 0.598. The highest BCUT2D eigenvalue weighted by Gasteiger charge is 2.18. The van der Waals surface area contributed by atoms with Crippen LogP contribution in [0.25, 0.3) is 125 Å². The number of fused-ring (bicyclic) bond motifs is 8. The Hall–Kier alpha value is -8.44. The van der Waals surface area contributed by atoms with Gasteiger partial charge in [0.15, 0.2) is 23.2 Å². The van der Waals surface area contributed by atoms with Crippen molar-refractivity contribution >= 4 is 69.8 Å². The molecule has 63 heavy (non-hydrogen) atoms. The molecular formula is C56H32N6S. The van der Waals surface area contributed by atoms with Gasteiger partial charge in [-0.05, 0) is 75.5 Å². The summed E-state index contributed by atoms with van der Waals surface area (Å²) in [5, 5.41) is 6.83. The first-order valence-electron chi connectivity index (χ1n) is 20.7. The van der Waals surface area contributed by atoms with E-state index in [2.05, 4.69) is 120 Å². The molecule has 12 aromatic rings. The van der Waals surface area contributed by atoms with Crippen LogP contribution in [0.5, 0.6) is 0 Å². The van der Waals surface area contributed by atoms with E-state index in [0.717, 1.165) is 82.6 Å². The van der Waals surface area contributed by atoms with Crippen LogP contribution in [0, 0.1) is 6.57 Å². The van der Waals surface area contributed by atoms with Gasteiger partial charge in [-0.1, -0.05) is 140 Å². The lowest BCUT2D eigenvalue weighted by molar-refractivity contribution is 1.07. The second-order valence-electron chi connectivity index (χ2n) is 15.5. The van der Waals surface area contributed by atoms with E-state index in [-0.39, 0.29) is 0 Å². The fourth-order valence-electron chi connectivity index (χ4n) is 8.75. The van der Waals surface area contributed by atoms with Gasteiger partial charge < -0.3 is 0 Å². The quantitative estimate of drug-likeness (QED) is 0.123. The lowest BCUT2D eigenvalue weighted by Crippen LogP contribution is -2.00. The predicted molar refractivity (Wildman–Crippen MR) is 260 cm³/mol. The van der Waals surface area contributed by atoms with Crippen molar-refractivity contribution < 1.29 is 0 Å². The molecule has 4 heterocycles. The third kappa shape index (κ3) is 6.37. The number of hydrogen-bond donors (Lipinski definition) is 0. The summed E-state index contributed by atoms with van der Waals surface area (Å²) in [5.74, 6) is 1.84. The normalized spacial score (nSPS) is 11.5. The maximum atomic E-state index is 7.31. The number of thiophene rings is 1. The highest BCUT2D eigenvalue weighted by atomic mass is 32.1. The minimum atomic E-state index is 0.598. The molecule has 8 aromatic carbocycles. The topological polar surface area (TPSA) is 68.8 Å². The number of hydrogen-bond acceptors (Lipinski definition) is 6. The highest BCUT2D eigenvalue weighted by molar-refractivity contribution is 7.25. The molecule has 0 aliphatic carbocycles. The van der Waals surface area contributed by atoms with Crippen molar-refractivity contribution in [3.63, 3.8) is 0 Å². The van der Waals surface area contributed by atoms with Gasteiger partial charge in [0.2, 0.25) is 0 Å². The van der Waals surface area contributed by atoms with Gasteiger partial charge in [-0.15, -0.1) is 11.3 Å². The van der Waals surface area contributed by atoms with Crippen molar-refractivity contribution in [1.29, 1.82) is 0 Å². The number of rotatable bonds is 6. The van der Waals surface area contributed by atoms with E-state index in [9.17, 15) is 0 Å². The number of aromatic nitrogens is 5. The van der Waals surface area contributed by atoms with E-state index in [1.54, 1.807) is 11.3 Å². The highest BCUT2D eigenvalue weighted by Crippen LogP contribution is 2.42. The van der Waals surface area contributed by atoms with Crippen molar-refractivity contribution in [3.8, 4) is 67.5 Å². The third-order valence-electron chi connectivity index (χ3n) is 11.8. The van der Waals surface area contributed by atoms with Gasteiger partial charge in [-0.2, -0.15) is 0 Å². The molecule has 0 bridgehead atoms. The Morgan fingerprint density at radius 2 is 0.857 bits per heavy atom. The van der Waals surface area contributed by atoms with Gasteiger partial charge in [0.25, 0.3) is 0 Å². The first-order valence-corrected chi connectivity index (χ1v) is 21.5. The smallest absolute Gasteiger partial charge is 0.187 e. The Morgan fingerprint density at radius 1 is 0.349 bits per heavy atom. The van der Waals surface area contributed by atoms with Crippen LogP contribution >= 0.6 is 11.3 Å². The zero-order valence-corrected chi connectivity index (χ0v) is 34.4. The van der Waals surface area contributed by atoms with Crippen LogP contribution in [0.15, 0.2) is 194 Å². The summed E-state index contributed by atoms with van der Waals surface area (Å²) in [6.45, 7) is 7.31. The van der Waals surface area contributed by atoms with E-state index < -0.39 is 0 Å². The van der Waals surface area contributed by atoms with Gasteiger partial charge in [0, 0.05) is 71.2 Å². The Kier molecular flexibility index (Phi) is 8.63. The van der Waals surface area contributed by atoms with Crippen molar-refractivity contribution in [2.24, 2.45) is 0 Å². The summed E-state index contributed by atoms with van der Waals surface area (Å²) in [7, 11) is 0. The molecule has 6 nitrogen and oxygen atoms in total. The molecule has 7 heteroatoms. The predicted octanol–water partition coefficient (Wildman–Crippen LogP) is 15.0. The molecule has 0 saturated heterocycles. The molecule has 4 aromatic heterocycles. The van der Waals surface area contributed by atoms with E-state index in [1.807, 2.05) is 79.1 Å². The van der Waals surface area contributed by atoms with Gasteiger partial charge in [0.05, 0.1) is 17.6 Å². The van der Waals surface area contributed by atoms with Gasteiger partial charge in [-0.25, -0.2) is 19.8 Å². The third-order valence-corrected chi connectivity index (χ3v) is 13.0. The van der Waals surface area contributed by atoms with Crippen LogP contribution in [0.3, 0.4) is 0 Å². The van der Waals surface area contributed by atoms with Crippen molar-refractivity contribution in [1.82, 2.24) is 24.9 Å². The summed E-state index contributed by atoms with van der Waals surface area (Å²) in [5.41, 5.74) is 11.5. The zero-order chi connectivity index (χ0) is 41.9.